The van der Waals surface area contributed by atoms with Crippen LogP contribution in [0.15, 0.2) is 12.5 Å². The molecule has 13 heavy (non-hydrogen) atoms. The number of nitrogens with zero attached hydrogens (tertiary/aromatic N) is 2. The molecular formula is C9H13N3O. The number of aromatic nitrogens is 2. The summed E-state index contributed by atoms with van der Waals surface area (Å²) in [6.07, 6.45) is 2.96. The van der Waals surface area contributed by atoms with Gasteiger partial charge >= 0.3 is 0 Å². The lowest BCUT2D eigenvalue weighted by molar-refractivity contribution is 0.0993. The van der Waals surface area contributed by atoms with Crippen LogP contribution in [-0.4, -0.2) is 15.9 Å². The van der Waals surface area contributed by atoms with Gasteiger partial charge in [0.05, 0.1) is 0 Å². The molecular weight excluding hydrogens is 166 g/mol. The van der Waals surface area contributed by atoms with Crippen LogP contribution in [0.1, 0.15) is 36.8 Å². The maximum Gasteiger partial charge on any atom is 0.267 e. The van der Waals surface area contributed by atoms with Crippen molar-refractivity contribution in [2.45, 2.75) is 26.2 Å². The molecule has 1 aromatic heterocycles. The molecule has 70 valence electrons. The maximum absolute atomic E-state index is 11.0. The summed E-state index contributed by atoms with van der Waals surface area (Å²) in [7, 11) is 0. The topological polar surface area (TPSA) is 68.9 Å². The third-order valence-electron chi connectivity index (χ3n) is 1.75. The summed E-state index contributed by atoms with van der Waals surface area (Å²) in [4.78, 5) is 18.7. The van der Waals surface area contributed by atoms with Gasteiger partial charge < -0.3 is 5.73 Å². The summed E-state index contributed by atoms with van der Waals surface area (Å²) >= 11 is 0. The molecule has 0 atom stereocenters. The first kappa shape index (κ1) is 9.64. The van der Waals surface area contributed by atoms with Gasteiger partial charge in [-0.2, -0.15) is 0 Å². The third-order valence-corrected chi connectivity index (χ3v) is 1.75. The number of nitrogens with two attached hydrogens (primary N) is 1. The van der Waals surface area contributed by atoms with E-state index in [-0.39, 0.29) is 5.41 Å². The summed E-state index contributed by atoms with van der Waals surface area (Å²) in [5, 5.41) is 0. The van der Waals surface area contributed by atoms with Crippen LogP contribution in [0.2, 0.25) is 0 Å². The molecule has 0 aliphatic carbocycles. The van der Waals surface area contributed by atoms with E-state index in [1.54, 1.807) is 6.20 Å². The van der Waals surface area contributed by atoms with Crippen LogP contribution in [0.25, 0.3) is 0 Å². The largest absolute Gasteiger partial charge is 0.364 e. The van der Waals surface area contributed by atoms with Gasteiger partial charge in [-0.05, 0) is 5.41 Å². The molecule has 0 radical (unpaired) electrons. The first-order valence-electron chi connectivity index (χ1n) is 4.03. The van der Waals surface area contributed by atoms with E-state index >= 15 is 0 Å². The molecule has 0 unspecified atom stereocenters. The van der Waals surface area contributed by atoms with Crippen LogP contribution in [0.3, 0.4) is 0 Å². The van der Waals surface area contributed by atoms with E-state index in [0.717, 1.165) is 5.56 Å². The van der Waals surface area contributed by atoms with Gasteiger partial charge in [-0.3, -0.25) is 4.79 Å². The van der Waals surface area contributed by atoms with Crippen molar-refractivity contribution in [2.75, 3.05) is 0 Å². The maximum atomic E-state index is 11.0. The number of rotatable bonds is 1. The van der Waals surface area contributed by atoms with E-state index in [2.05, 4.69) is 9.97 Å². The van der Waals surface area contributed by atoms with E-state index in [0.29, 0.717) is 5.69 Å². The minimum atomic E-state index is -0.507. The van der Waals surface area contributed by atoms with Crippen molar-refractivity contribution >= 4 is 5.91 Å². The molecule has 0 fully saturated rings. The number of hydrogen-bond acceptors (Lipinski definition) is 3. The zero-order chi connectivity index (χ0) is 10.1. The predicted octanol–water partition coefficient (Wildman–Crippen LogP) is 0.873. The van der Waals surface area contributed by atoms with E-state index in [1.165, 1.54) is 6.33 Å². The van der Waals surface area contributed by atoms with Gasteiger partial charge in [0.15, 0.2) is 0 Å². The SMILES string of the molecule is CC(C)(C)c1cncnc1C(N)=O. The highest BCUT2D eigenvalue weighted by Gasteiger charge is 2.21. The van der Waals surface area contributed by atoms with Crippen LogP contribution < -0.4 is 5.73 Å². The minimum absolute atomic E-state index is 0.161. The molecule has 0 saturated carbocycles. The van der Waals surface area contributed by atoms with Crippen LogP contribution >= 0.6 is 0 Å². The highest BCUT2D eigenvalue weighted by atomic mass is 16.1. The van der Waals surface area contributed by atoms with Gasteiger partial charge in [0.2, 0.25) is 0 Å². The average Bonchev–Trinajstić information content (AvgIpc) is 2.03. The summed E-state index contributed by atoms with van der Waals surface area (Å²) in [6.45, 7) is 5.95. The average molecular weight is 179 g/mol. The number of carbonyl (C=O) groups is 1. The number of amides is 1. The van der Waals surface area contributed by atoms with E-state index < -0.39 is 5.91 Å². The number of carbonyl (C=O) groups excluding carboxylic acids is 1. The Balaban J connectivity index is 3.28. The van der Waals surface area contributed by atoms with Gasteiger partial charge in [0, 0.05) is 11.8 Å². The first-order valence-corrected chi connectivity index (χ1v) is 4.03. The highest BCUT2D eigenvalue weighted by molar-refractivity contribution is 5.92. The fraction of sp³-hybridized carbons (Fsp3) is 0.444. The quantitative estimate of drug-likeness (QED) is 0.695. The Hall–Kier alpha value is -1.45. The second kappa shape index (κ2) is 3.12. The van der Waals surface area contributed by atoms with Crippen molar-refractivity contribution in [3.63, 3.8) is 0 Å². The summed E-state index contributed by atoms with van der Waals surface area (Å²) in [6, 6.07) is 0. The Morgan fingerprint density at radius 2 is 2.08 bits per heavy atom. The molecule has 0 saturated heterocycles. The standard InChI is InChI=1S/C9H13N3O/c1-9(2,3)6-4-11-5-12-7(6)8(10)13/h4-5H,1-3H3,(H2,10,13). The van der Waals surface area contributed by atoms with Gasteiger partial charge in [0.25, 0.3) is 5.91 Å². The van der Waals surface area contributed by atoms with Crippen molar-refractivity contribution in [1.82, 2.24) is 9.97 Å². The van der Waals surface area contributed by atoms with E-state index in [1.807, 2.05) is 20.8 Å². The van der Waals surface area contributed by atoms with E-state index in [4.69, 9.17) is 5.73 Å². The first-order chi connectivity index (χ1) is 5.93. The lowest BCUT2D eigenvalue weighted by atomic mass is 9.87. The van der Waals surface area contributed by atoms with Gasteiger partial charge in [-0.15, -0.1) is 0 Å². The van der Waals surface area contributed by atoms with Gasteiger partial charge in [-0.25, -0.2) is 9.97 Å². The molecule has 1 heterocycles. The molecule has 1 rings (SSSR count). The normalized spacial score (nSPS) is 11.3. The summed E-state index contributed by atoms with van der Waals surface area (Å²) < 4.78 is 0. The van der Waals surface area contributed by atoms with Crippen molar-refractivity contribution in [1.29, 1.82) is 0 Å². The monoisotopic (exact) mass is 179 g/mol. The molecule has 0 aliphatic heterocycles. The Bertz CT molecular complexity index is 328. The fourth-order valence-corrected chi connectivity index (χ4v) is 1.07. The highest BCUT2D eigenvalue weighted by Crippen LogP contribution is 2.23. The summed E-state index contributed by atoms with van der Waals surface area (Å²) in [5.41, 5.74) is 6.11. The molecule has 0 spiro atoms. The van der Waals surface area contributed by atoms with Crippen LogP contribution in [0.5, 0.6) is 0 Å². The third kappa shape index (κ3) is 2.02. The van der Waals surface area contributed by atoms with Crippen molar-refractivity contribution in [2.24, 2.45) is 5.73 Å². The lowest BCUT2D eigenvalue weighted by Crippen LogP contribution is -2.22. The van der Waals surface area contributed by atoms with Crippen molar-refractivity contribution < 1.29 is 4.79 Å². The Morgan fingerprint density at radius 1 is 1.46 bits per heavy atom. The Morgan fingerprint density at radius 3 is 2.46 bits per heavy atom. The minimum Gasteiger partial charge on any atom is -0.364 e. The van der Waals surface area contributed by atoms with Gasteiger partial charge in [0.1, 0.15) is 12.0 Å². The Labute approximate surface area is 77.2 Å². The second-order valence-corrected chi connectivity index (χ2v) is 3.90. The Kier molecular flexibility index (Phi) is 2.32. The molecule has 4 heteroatoms. The summed E-state index contributed by atoms with van der Waals surface area (Å²) in [5.74, 6) is -0.507. The van der Waals surface area contributed by atoms with Gasteiger partial charge in [-0.1, -0.05) is 20.8 Å². The molecule has 1 aromatic rings. The van der Waals surface area contributed by atoms with E-state index in [9.17, 15) is 4.79 Å². The van der Waals surface area contributed by atoms with Crippen LogP contribution in [-0.2, 0) is 5.41 Å². The number of hydrogen-bond donors (Lipinski definition) is 1. The zero-order valence-electron chi connectivity index (χ0n) is 8.03. The van der Waals surface area contributed by atoms with Crippen molar-refractivity contribution in [3.05, 3.63) is 23.8 Å². The molecule has 0 bridgehead atoms. The molecule has 0 aromatic carbocycles. The molecule has 2 N–H and O–H groups in total. The number of primary amides is 1. The molecule has 1 amide bonds. The smallest absolute Gasteiger partial charge is 0.267 e. The van der Waals surface area contributed by atoms with Crippen molar-refractivity contribution in [3.8, 4) is 0 Å². The zero-order valence-corrected chi connectivity index (χ0v) is 8.03. The predicted molar refractivity (Wildman–Crippen MR) is 49.2 cm³/mol. The molecule has 0 aliphatic rings. The van der Waals surface area contributed by atoms with Crippen LogP contribution in [0, 0.1) is 0 Å². The lowest BCUT2D eigenvalue weighted by Gasteiger charge is -2.19. The van der Waals surface area contributed by atoms with Crippen LogP contribution in [0.4, 0.5) is 0 Å². The fourth-order valence-electron chi connectivity index (χ4n) is 1.07. The molecule has 4 nitrogen and oxygen atoms in total. The second-order valence-electron chi connectivity index (χ2n) is 3.90.